The number of carbonyl (C=O) groups is 1. The summed E-state index contributed by atoms with van der Waals surface area (Å²) in [5.74, 6) is 1.50. The molecule has 4 nitrogen and oxygen atoms in total. The third-order valence-electron chi connectivity index (χ3n) is 3.39. The van der Waals surface area contributed by atoms with Crippen LogP contribution in [0.4, 0.5) is 4.39 Å². The van der Waals surface area contributed by atoms with Crippen LogP contribution in [-0.4, -0.2) is 16.8 Å². The van der Waals surface area contributed by atoms with E-state index in [1.807, 2.05) is 19.9 Å². The van der Waals surface area contributed by atoms with Crippen LogP contribution in [0.5, 0.6) is 0 Å². The molecule has 1 aromatic heterocycles. The molecule has 0 saturated heterocycles. The van der Waals surface area contributed by atoms with E-state index in [0.717, 1.165) is 22.6 Å². The third-order valence-corrected chi connectivity index (χ3v) is 4.35. The fourth-order valence-corrected chi connectivity index (χ4v) is 2.96. The highest BCUT2D eigenvalue weighted by atomic mass is 32.2. The highest BCUT2D eigenvalue weighted by Gasteiger charge is 2.10. The van der Waals surface area contributed by atoms with Gasteiger partial charge >= 0.3 is 0 Å². The van der Waals surface area contributed by atoms with E-state index in [-0.39, 0.29) is 11.7 Å². The number of benzene rings is 1. The van der Waals surface area contributed by atoms with Crippen LogP contribution < -0.4 is 5.32 Å². The summed E-state index contributed by atoms with van der Waals surface area (Å²) in [5, 5.41) is 6.67. The van der Waals surface area contributed by atoms with Crippen LogP contribution in [0.25, 0.3) is 0 Å². The fraction of sp³-hybridized carbons (Fsp3) is 0.375. The van der Waals surface area contributed by atoms with Crippen LogP contribution >= 0.6 is 11.8 Å². The van der Waals surface area contributed by atoms with Crippen molar-refractivity contribution in [3.63, 3.8) is 0 Å². The number of thioether (sulfide) groups is 1. The van der Waals surface area contributed by atoms with Crippen molar-refractivity contribution >= 4 is 17.7 Å². The molecule has 0 fully saturated rings. The minimum Gasteiger partial charge on any atom is -0.361 e. The fourth-order valence-electron chi connectivity index (χ4n) is 1.95. The molecule has 0 spiro atoms. The topological polar surface area (TPSA) is 55.1 Å². The van der Waals surface area contributed by atoms with Crippen molar-refractivity contribution in [2.75, 3.05) is 5.75 Å². The summed E-state index contributed by atoms with van der Waals surface area (Å²) in [6.07, 6.45) is 0. The average molecular weight is 322 g/mol. The molecular formula is C16H19FN2O2S. The Bertz CT molecular complexity index is 651. The summed E-state index contributed by atoms with van der Waals surface area (Å²) in [6, 6.07) is 4.98. The molecule has 0 aliphatic carbocycles. The van der Waals surface area contributed by atoms with E-state index in [1.54, 1.807) is 13.0 Å². The Morgan fingerprint density at radius 2 is 2.14 bits per heavy atom. The summed E-state index contributed by atoms with van der Waals surface area (Å²) >= 11 is 1.50. The smallest absolute Gasteiger partial charge is 0.230 e. The molecule has 0 aliphatic rings. The zero-order valence-electron chi connectivity index (χ0n) is 12.9. The van der Waals surface area contributed by atoms with Gasteiger partial charge in [-0.05, 0) is 38.0 Å². The lowest BCUT2D eigenvalue weighted by Gasteiger charge is -2.06. The van der Waals surface area contributed by atoms with Crippen LogP contribution in [-0.2, 0) is 17.1 Å². The molecule has 1 aromatic carbocycles. The standard InChI is InChI=1S/C16H19FN2O2S/c1-10-4-5-13(6-15(10)17)7-18-16(20)9-22-8-14-11(2)19-21-12(14)3/h4-6H,7-9H2,1-3H3,(H,18,20). The van der Waals surface area contributed by atoms with Gasteiger partial charge in [-0.15, -0.1) is 11.8 Å². The van der Waals surface area contributed by atoms with Gasteiger partial charge in [-0.25, -0.2) is 4.39 Å². The van der Waals surface area contributed by atoms with E-state index in [9.17, 15) is 9.18 Å². The van der Waals surface area contributed by atoms with Gasteiger partial charge in [0.2, 0.25) is 5.91 Å². The van der Waals surface area contributed by atoms with Crippen LogP contribution in [0.15, 0.2) is 22.7 Å². The number of carbonyl (C=O) groups excluding carboxylic acids is 1. The van der Waals surface area contributed by atoms with E-state index >= 15 is 0 Å². The van der Waals surface area contributed by atoms with Gasteiger partial charge in [-0.3, -0.25) is 4.79 Å². The normalized spacial score (nSPS) is 10.7. The van der Waals surface area contributed by atoms with Crippen molar-refractivity contribution in [1.29, 1.82) is 0 Å². The highest BCUT2D eigenvalue weighted by molar-refractivity contribution is 7.99. The zero-order chi connectivity index (χ0) is 16.1. The third kappa shape index (κ3) is 4.34. The van der Waals surface area contributed by atoms with Crippen molar-refractivity contribution in [3.8, 4) is 0 Å². The first-order valence-electron chi connectivity index (χ1n) is 6.98. The van der Waals surface area contributed by atoms with Gasteiger partial charge in [-0.2, -0.15) is 0 Å². The molecule has 2 rings (SSSR count). The second-order valence-electron chi connectivity index (χ2n) is 5.16. The quantitative estimate of drug-likeness (QED) is 0.887. The summed E-state index contributed by atoms with van der Waals surface area (Å²) in [6.45, 7) is 5.80. The number of halogens is 1. The maximum Gasteiger partial charge on any atom is 0.230 e. The van der Waals surface area contributed by atoms with Crippen molar-refractivity contribution in [3.05, 3.63) is 52.2 Å². The number of aromatic nitrogens is 1. The second-order valence-corrected chi connectivity index (χ2v) is 6.14. The Labute approximate surface area is 133 Å². The molecular weight excluding hydrogens is 303 g/mol. The zero-order valence-corrected chi connectivity index (χ0v) is 13.7. The molecule has 0 aliphatic heterocycles. The summed E-state index contributed by atoms with van der Waals surface area (Å²) < 4.78 is 18.5. The van der Waals surface area contributed by atoms with Gasteiger partial charge in [0.25, 0.3) is 0 Å². The van der Waals surface area contributed by atoms with Crippen molar-refractivity contribution in [2.45, 2.75) is 33.1 Å². The van der Waals surface area contributed by atoms with E-state index in [4.69, 9.17) is 4.52 Å². The first-order valence-corrected chi connectivity index (χ1v) is 8.14. The number of aryl methyl sites for hydroxylation is 3. The lowest BCUT2D eigenvalue weighted by molar-refractivity contribution is -0.118. The minimum absolute atomic E-state index is 0.0715. The molecule has 0 unspecified atom stereocenters. The van der Waals surface area contributed by atoms with E-state index in [1.165, 1.54) is 17.8 Å². The van der Waals surface area contributed by atoms with Gasteiger partial charge in [0.05, 0.1) is 11.4 Å². The van der Waals surface area contributed by atoms with Gasteiger partial charge in [0, 0.05) is 17.9 Å². The Morgan fingerprint density at radius 3 is 2.77 bits per heavy atom. The number of hydrogen-bond donors (Lipinski definition) is 1. The molecule has 0 radical (unpaired) electrons. The average Bonchev–Trinajstić information content (AvgIpc) is 2.80. The number of hydrogen-bond acceptors (Lipinski definition) is 4. The molecule has 22 heavy (non-hydrogen) atoms. The van der Waals surface area contributed by atoms with E-state index in [0.29, 0.717) is 23.6 Å². The van der Waals surface area contributed by atoms with Crippen LogP contribution in [0, 0.1) is 26.6 Å². The maximum atomic E-state index is 13.4. The summed E-state index contributed by atoms with van der Waals surface area (Å²) in [5.41, 5.74) is 3.26. The van der Waals surface area contributed by atoms with Crippen LogP contribution in [0.1, 0.15) is 28.1 Å². The molecule has 1 heterocycles. The van der Waals surface area contributed by atoms with Crippen molar-refractivity contribution in [2.24, 2.45) is 0 Å². The molecule has 0 atom stereocenters. The molecule has 2 aromatic rings. The monoisotopic (exact) mass is 322 g/mol. The predicted octanol–water partition coefficient (Wildman–Crippen LogP) is 3.29. The Hall–Kier alpha value is -1.82. The molecule has 0 saturated carbocycles. The number of amides is 1. The van der Waals surface area contributed by atoms with E-state index < -0.39 is 0 Å². The summed E-state index contributed by atoms with van der Waals surface area (Å²) in [4.78, 5) is 11.8. The largest absolute Gasteiger partial charge is 0.361 e. The molecule has 1 amide bonds. The number of rotatable bonds is 6. The van der Waals surface area contributed by atoms with Gasteiger partial charge in [0.1, 0.15) is 11.6 Å². The first kappa shape index (κ1) is 16.5. The lowest BCUT2D eigenvalue weighted by Crippen LogP contribution is -2.24. The maximum absolute atomic E-state index is 13.4. The number of nitrogens with one attached hydrogen (secondary N) is 1. The molecule has 118 valence electrons. The number of nitrogens with zero attached hydrogens (tertiary/aromatic N) is 1. The van der Waals surface area contributed by atoms with Gasteiger partial charge < -0.3 is 9.84 Å². The SMILES string of the molecule is Cc1ccc(CNC(=O)CSCc2c(C)noc2C)cc1F. The van der Waals surface area contributed by atoms with Crippen molar-refractivity contribution in [1.82, 2.24) is 10.5 Å². The molecule has 1 N–H and O–H groups in total. The van der Waals surface area contributed by atoms with Crippen LogP contribution in [0.3, 0.4) is 0 Å². The van der Waals surface area contributed by atoms with Gasteiger partial charge in [-0.1, -0.05) is 17.3 Å². The molecule has 6 heteroatoms. The predicted molar refractivity (Wildman–Crippen MR) is 85.1 cm³/mol. The van der Waals surface area contributed by atoms with Gasteiger partial charge in [0.15, 0.2) is 0 Å². The molecule has 0 bridgehead atoms. The highest BCUT2D eigenvalue weighted by Crippen LogP contribution is 2.19. The first-order chi connectivity index (χ1) is 10.5. The Balaban J connectivity index is 1.75. The Kier molecular flexibility index (Phi) is 5.60. The minimum atomic E-state index is -0.250. The van der Waals surface area contributed by atoms with Crippen molar-refractivity contribution < 1.29 is 13.7 Å². The second kappa shape index (κ2) is 7.45. The van der Waals surface area contributed by atoms with Crippen LogP contribution in [0.2, 0.25) is 0 Å². The van der Waals surface area contributed by atoms with E-state index in [2.05, 4.69) is 10.5 Å². The lowest BCUT2D eigenvalue weighted by atomic mass is 10.1. The Morgan fingerprint density at radius 1 is 1.36 bits per heavy atom. The summed E-state index contributed by atoms with van der Waals surface area (Å²) in [7, 11) is 0.